The van der Waals surface area contributed by atoms with Crippen LogP contribution in [0.4, 0.5) is 0 Å². The van der Waals surface area contributed by atoms with Crippen LogP contribution in [0.3, 0.4) is 0 Å². The van der Waals surface area contributed by atoms with E-state index in [9.17, 15) is 9.59 Å². The number of piperidine rings is 1. The smallest absolute Gasteiger partial charge is 0.308 e. The number of carbonyl (C=O) groups is 2. The molecule has 1 aromatic rings. The van der Waals surface area contributed by atoms with E-state index in [1.165, 1.54) is 0 Å². The zero-order chi connectivity index (χ0) is 14.7. The van der Waals surface area contributed by atoms with Gasteiger partial charge in [-0.2, -0.15) is 0 Å². The lowest BCUT2D eigenvalue weighted by atomic mass is 9.96. The van der Waals surface area contributed by atoms with Crippen LogP contribution in [0.15, 0.2) is 18.2 Å². The molecule has 0 unspecified atom stereocenters. The van der Waals surface area contributed by atoms with Gasteiger partial charge in [-0.1, -0.05) is 18.2 Å². The Morgan fingerprint density at radius 3 is 2.55 bits per heavy atom. The van der Waals surface area contributed by atoms with Gasteiger partial charge >= 0.3 is 5.97 Å². The zero-order valence-corrected chi connectivity index (χ0v) is 12.1. The van der Waals surface area contributed by atoms with Crippen molar-refractivity contribution in [2.45, 2.75) is 33.1 Å². The maximum Gasteiger partial charge on any atom is 0.308 e. The van der Waals surface area contributed by atoms with Crippen molar-refractivity contribution < 1.29 is 14.7 Å². The van der Waals surface area contributed by atoms with E-state index in [-0.39, 0.29) is 5.91 Å². The van der Waals surface area contributed by atoms with E-state index in [1.54, 1.807) is 4.90 Å². The van der Waals surface area contributed by atoms with Crippen molar-refractivity contribution >= 4 is 11.9 Å². The van der Waals surface area contributed by atoms with Crippen LogP contribution in [-0.2, 0) is 16.0 Å². The number of carbonyl (C=O) groups excluding carboxylic acids is 1. The minimum Gasteiger partial charge on any atom is -0.481 e. The first kappa shape index (κ1) is 14.6. The average Bonchev–Trinajstić information content (AvgIpc) is 2.43. The maximum absolute atomic E-state index is 12.4. The van der Waals surface area contributed by atoms with Crippen LogP contribution in [0, 0.1) is 19.8 Å². The molecule has 108 valence electrons. The Morgan fingerprint density at radius 1 is 1.30 bits per heavy atom. The molecule has 1 saturated heterocycles. The highest BCUT2D eigenvalue weighted by atomic mass is 16.4. The SMILES string of the molecule is Cc1cccc(C)c1CC(=O)N1CCC[C@H](C(=O)O)C1. The minimum atomic E-state index is -0.797. The molecule has 0 aliphatic carbocycles. The molecular weight excluding hydrogens is 254 g/mol. The number of hydrogen-bond donors (Lipinski definition) is 1. The van der Waals surface area contributed by atoms with Crippen molar-refractivity contribution in [2.75, 3.05) is 13.1 Å². The summed E-state index contributed by atoms with van der Waals surface area (Å²) in [6, 6.07) is 6.00. The summed E-state index contributed by atoms with van der Waals surface area (Å²) in [5, 5.41) is 9.08. The largest absolute Gasteiger partial charge is 0.481 e. The number of aliphatic carboxylic acids is 1. The summed E-state index contributed by atoms with van der Waals surface area (Å²) in [7, 11) is 0. The van der Waals surface area contributed by atoms with Crippen molar-refractivity contribution in [1.82, 2.24) is 4.90 Å². The highest BCUT2D eigenvalue weighted by Gasteiger charge is 2.28. The number of likely N-dealkylation sites (tertiary alicyclic amines) is 1. The second-order valence-corrected chi connectivity index (χ2v) is 5.56. The molecule has 0 aromatic heterocycles. The summed E-state index contributed by atoms with van der Waals surface area (Å²) in [6.07, 6.45) is 1.81. The number of carboxylic acids is 1. The Labute approximate surface area is 119 Å². The minimum absolute atomic E-state index is 0.0355. The molecule has 1 atom stereocenters. The van der Waals surface area contributed by atoms with Gasteiger partial charge in [0.1, 0.15) is 0 Å². The van der Waals surface area contributed by atoms with Crippen LogP contribution < -0.4 is 0 Å². The molecule has 2 rings (SSSR count). The van der Waals surface area contributed by atoms with Crippen LogP contribution in [0.1, 0.15) is 29.5 Å². The van der Waals surface area contributed by atoms with Crippen LogP contribution in [0.2, 0.25) is 0 Å². The van der Waals surface area contributed by atoms with E-state index < -0.39 is 11.9 Å². The molecule has 1 amide bonds. The van der Waals surface area contributed by atoms with Crippen LogP contribution in [0.5, 0.6) is 0 Å². The van der Waals surface area contributed by atoms with Crippen molar-refractivity contribution in [3.63, 3.8) is 0 Å². The standard InChI is InChI=1S/C16H21NO3/c1-11-5-3-6-12(2)14(11)9-15(18)17-8-4-7-13(10-17)16(19)20/h3,5-6,13H,4,7-10H2,1-2H3,(H,19,20)/t13-/m0/s1. The molecule has 1 N–H and O–H groups in total. The molecule has 1 fully saturated rings. The molecule has 20 heavy (non-hydrogen) atoms. The topological polar surface area (TPSA) is 57.6 Å². The van der Waals surface area contributed by atoms with Gasteiger partial charge in [0.15, 0.2) is 0 Å². The lowest BCUT2D eigenvalue weighted by molar-refractivity contribution is -0.145. The molecule has 1 aliphatic rings. The first-order valence-electron chi connectivity index (χ1n) is 7.04. The summed E-state index contributed by atoms with van der Waals surface area (Å²) >= 11 is 0. The molecule has 0 spiro atoms. The lowest BCUT2D eigenvalue weighted by Crippen LogP contribution is -2.43. The zero-order valence-electron chi connectivity index (χ0n) is 12.1. The first-order chi connectivity index (χ1) is 9.49. The van der Waals surface area contributed by atoms with Gasteiger partial charge in [-0.15, -0.1) is 0 Å². The molecule has 1 aliphatic heterocycles. The normalized spacial score (nSPS) is 18.9. The van der Waals surface area contributed by atoms with Crippen LogP contribution >= 0.6 is 0 Å². The predicted octanol–water partition coefficient (Wildman–Crippen LogP) is 2.17. The summed E-state index contributed by atoms with van der Waals surface area (Å²) in [4.78, 5) is 25.1. The average molecular weight is 275 g/mol. The van der Waals surface area contributed by atoms with Crippen molar-refractivity contribution in [2.24, 2.45) is 5.92 Å². The summed E-state index contributed by atoms with van der Waals surface area (Å²) in [5.41, 5.74) is 3.30. The number of aryl methyl sites for hydroxylation is 2. The highest BCUT2D eigenvalue weighted by Crippen LogP contribution is 2.20. The van der Waals surface area contributed by atoms with Gasteiger partial charge < -0.3 is 10.0 Å². The monoisotopic (exact) mass is 275 g/mol. The fourth-order valence-electron chi connectivity index (χ4n) is 2.80. The molecule has 4 nitrogen and oxygen atoms in total. The Hall–Kier alpha value is -1.84. The summed E-state index contributed by atoms with van der Waals surface area (Å²) in [5.74, 6) is -1.17. The van der Waals surface area contributed by atoms with Gasteiger partial charge in [-0.25, -0.2) is 0 Å². The van der Waals surface area contributed by atoms with Gasteiger partial charge in [-0.3, -0.25) is 9.59 Å². The molecular formula is C16H21NO3. The molecule has 1 aromatic carbocycles. The second-order valence-electron chi connectivity index (χ2n) is 5.56. The predicted molar refractivity (Wildman–Crippen MR) is 76.6 cm³/mol. The van der Waals surface area contributed by atoms with Crippen LogP contribution in [-0.4, -0.2) is 35.0 Å². The number of hydrogen-bond acceptors (Lipinski definition) is 2. The van der Waals surface area contributed by atoms with Gasteiger partial charge in [0.25, 0.3) is 0 Å². The van der Waals surface area contributed by atoms with E-state index in [0.29, 0.717) is 25.9 Å². The Bertz CT molecular complexity index is 504. The Kier molecular flexibility index (Phi) is 4.42. The Morgan fingerprint density at radius 2 is 1.95 bits per heavy atom. The second kappa shape index (κ2) is 6.07. The fraction of sp³-hybridized carbons (Fsp3) is 0.500. The van der Waals surface area contributed by atoms with Gasteiger partial charge in [0, 0.05) is 13.1 Å². The number of carboxylic acid groups (broad SMARTS) is 1. The van der Waals surface area contributed by atoms with Gasteiger partial charge in [0.2, 0.25) is 5.91 Å². The molecule has 0 saturated carbocycles. The third-order valence-corrected chi connectivity index (χ3v) is 4.10. The van der Waals surface area contributed by atoms with E-state index in [0.717, 1.165) is 23.1 Å². The molecule has 0 radical (unpaired) electrons. The maximum atomic E-state index is 12.4. The number of nitrogens with zero attached hydrogens (tertiary/aromatic N) is 1. The van der Waals surface area contributed by atoms with Gasteiger partial charge in [-0.05, 0) is 43.4 Å². The molecule has 0 bridgehead atoms. The van der Waals surface area contributed by atoms with E-state index in [2.05, 4.69) is 0 Å². The number of amides is 1. The highest BCUT2D eigenvalue weighted by molar-refractivity contribution is 5.80. The van der Waals surface area contributed by atoms with Gasteiger partial charge in [0.05, 0.1) is 12.3 Å². The number of benzene rings is 1. The van der Waals surface area contributed by atoms with Crippen molar-refractivity contribution in [3.05, 3.63) is 34.9 Å². The number of rotatable bonds is 3. The summed E-state index contributed by atoms with van der Waals surface area (Å²) < 4.78 is 0. The van der Waals surface area contributed by atoms with E-state index in [1.807, 2.05) is 32.0 Å². The first-order valence-corrected chi connectivity index (χ1v) is 7.04. The lowest BCUT2D eigenvalue weighted by Gasteiger charge is -2.31. The van der Waals surface area contributed by atoms with E-state index >= 15 is 0 Å². The van der Waals surface area contributed by atoms with Crippen LogP contribution in [0.25, 0.3) is 0 Å². The summed E-state index contributed by atoms with van der Waals surface area (Å²) in [6.45, 7) is 5.03. The molecule has 4 heteroatoms. The molecule has 1 heterocycles. The van der Waals surface area contributed by atoms with Crippen molar-refractivity contribution in [1.29, 1.82) is 0 Å². The Balaban J connectivity index is 2.06. The van der Waals surface area contributed by atoms with Crippen molar-refractivity contribution in [3.8, 4) is 0 Å². The third-order valence-electron chi connectivity index (χ3n) is 4.10. The third kappa shape index (κ3) is 3.18. The van der Waals surface area contributed by atoms with E-state index in [4.69, 9.17) is 5.11 Å². The quantitative estimate of drug-likeness (QED) is 0.919. The fourth-order valence-corrected chi connectivity index (χ4v) is 2.80.